The molecule has 1 aromatic heterocycles. The van der Waals surface area contributed by atoms with Gasteiger partial charge in [-0.05, 0) is 115 Å². The van der Waals surface area contributed by atoms with Gasteiger partial charge in [-0.25, -0.2) is 4.99 Å². The third-order valence-corrected chi connectivity index (χ3v) is 14.8. The highest BCUT2D eigenvalue weighted by atomic mass is 32.2. The molecule has 5 unspecified atom stereocenters. The number of fused-ring (bicyclic) bond motifs is 8. The molecule has 0 fully saturated rings. The van der Waals surface area contributed by atoms with Crippen LogP contribution < -0.4 is 10.2 Å². The summed E-state index contributed by atoms with van der Waals surface area (Å²) in [6, 6.07) is 34.4. The number of thioether (sulfide) groups is 1. The molecule has 5 aromatic rings. The first-order valence-electron chi connectivity index (χ1n) is 21.2. The molecule has 0 saturated heterocycles. The van der Waals surface area contributed by atoms with Crippen molar-refractivity contribution in [3.8, 4) is 11.1 Å². The van der Waals surface area contributed by atoms with Gasteiger partial charge in [0.1, 0.15) is 6.17 Å². The second-order valence-electron chi connectivity index (χ2n) is 16.7. The van der Waals surface area contributed by atoms with Crippen LogP contribution in [0.4, 0.5) is 5.69 Å². The molecule has 280 valence electrons. The number of anilines is 1. The fourth-order valence-electron chi connectivity index (χ4n) is 10.7. The number of hydrogen-bond donors (Lipinski definition) is 1. The van der Waals surface area contributed by atoms with E-state index in [1.165, 1.54) is 104 Å². The van der Waals surface area contributed by atoms with Crippen molar-refractivity contribution in [1.82, 2.24) is 9.88 Å². The standard InChI is InChI=1S/C52H46N4S/c1-3-14-33(15-4-1)35-18-13-19-38(30-35)55-44-23-10-7-20-39(44)41-28-26-37(32-47(41)55)36-27-29-46-43(31-36)40-21-8-11-24-45(40)56(46)52-50-49(42-22-9-12-25-48(42)57-50)53-51(54-52)34-16-5-2-6-17-34/h2,5-8,10-12,14,16-18,20-21,23-32,39,42,44,48,51,53H,1,3-4,9,13,15,19,22H2. The van der Waals surface area contributed by atoms with E-state index in [-0.39, 0.29) is 6.17 Å². The van der Waals surface area contributed by atoms with E-state index in [9.17, 15) is 0 Å². The molecule has 5 atom stereocenters. The third kappa shape index (κ3) is 5.45. The maximum atomic E-state index is 5.57. The van der Waals surface area contributed by atoms with Crippen molar-refractivity contribution in [2.24, 2.45) is 10.9 Å². The van der Waals surface area contributed by atoms with E-state index in [0.717, 1.165) is 25.1 Å². The summed E-state index contributed by atoms with van der Waals surface area (Å²) in [7, 11) is 0. The first-order chi connectivity index (χ1) is 28.3. The Morgan fingerprint density at radius 2 is 1.60 bits per heavy atom. The van der Waals surface area contributed by atoms with Gasteiger partial charge in [-0.3, -0.25) is 4.57 Å². The van der Waals surface area contributed by atoms with Gasteiger partial charge in [-0.1, -0.05) is 115 Å². The van der Waals surface area contributed by atoms with Gasteiger partial charge >= 0.3 is 0 Å². The van der Waals surface area contributed by atoms with Crippen molar-refractivity contribution in [3.63, 3.8) is 0 Å². The van der Waals surface area contributed by atoms with Crippen LogP contribution in [0.15, 0.2) is 178 Å². The van der Waals surface area contributed by atoms with Crippen LogP contribution in [0.5, 0.6) is 0 Å². The van der Waals surface area contributed by atoms with Crippen molar-refractivity contribution in [2.75, 3.05) is 4.90 Å². The lowest BCUT2D eigenvalue weighted by Crippen LogP contribution is -2.32. The predicted molar refractivity (Wildman–Crippen MR) is 240 cm³/mol. The van der Waals surface area contributed by atoms with Crippen LogP contribution in [-0.2, 0) is 0 Å². The first kappa shape index (κ1) is 33.6. The van der Waals surface area contributed by atoms with Crippen LogP contribution in [0, 0.1) is 5.92 Å². The van der Waals surface area contributed by atoms with Crippen LogP contribution >= 0.6 is 11.8 Å². The van der Waals surface area contributed by atoms with Crippen LogP contribution in [0.25, 0.3) is 32.9 Å². The average Bonchev–Trinajstić information content (AvgIpc) is 3.94. The molecular weight excluding hydrogens is 713 g/mol. The van der Waals surface area contributed by atoms with Crippen LogP contribution in [-0.4, -0.2) is 21.7 Å². The molecule has 7 aliphatic rings. The highest BCUT2D eigenvalue weighted by Gasteiger charge is 2.42. The van der Waals surface area contributed by atoms with E-state index in [0.29, 0.717) is 23.1 Å². The van der Waals surface area contributed by atoms with Crippen molar-refractivity contribution in [3.05, 3.63) is 184 Å². The minimum atomic E-state index is -0.131. The second-order valence-corrected chi connectivity index (χ2v) is 17.9. The molecule has 4 nitrogen and oxygen atoms in total. The Morgan fingerprint density at radius 1 is 0.737 bits per heavy atom. The number of benzene rings is 4. The maximum Gasteiger partial charge on any atom is 0.150 e. The Bertz CT molecular complexity index is 2730. The lowest BCUT2D eigenvalue weighted by Gasteiger charge is -2.33. The van der Waals surface area contributed by atoms with Crippen molar-refractivity contribution in [1.29, 1.82) is 0 Å². The van der Waals surface area contributed by atoms with Gasteiger partial charge < -0.3 is 10.2 Å². The zero-order valence-electron chi connectivity index (χ0n) is 32.1. The lowest BCUT2D eigenvalue weighted by molar-refractivity contribution is 0.490. The first-order valence-corrected chi connectivity index (χ1v) is 22.0. The molecule has 0 radical (unpaired) electrons. The highest BCUT2D eigenvalue weighted by Crippen LogP contribution is 2.51. The van der Waals surface area contributed by atoms with E-state index in [4.69, 9.17) is 4.99 Å². The van der Waals surface area contributed by atoms with Gasteiger partial charge in [0.25, 0.3) is 0 Å². The fourth-order valence-corrected chi connectivity index (χ4v) is 12.2. The molecule has 3 aliphatic heterocycles. The molecule has 0 spiro atoms. The summed E-state index contributed by atoms with van der Waals surface area (Å²) in [5.41, 5.74) is 14.7. The summed E-state index contributed by atoms with van der Waals surface area (Å²) in [6.45, 7) is 0. The van der Waals surface area contributed by atoms with E-state index in [1.807, 2.05) is 11.8 Å². The van der Waals surface area contributed by atoms with Gasteiger partial charge in [0.15, 0.2) is 5.84 Å². The Labute approximate surface area is 339 Å². The molecule has 57 heavy (non-hydrogen) atoms. The van der Waals surface area contributed by atoms with Gasteiger partial charge in [-0.15, -0.1) is 11.8 Å². The molecule has 0 bridgehead atoms. The summed E-state index contributed by atoms with van der Waals surface area (Å²) in [5, 5.41) is 6.92. The molecule has 0 amide bonds. The van der Waals surface area contributed by atoms with Crippen LogP contribution in [0.1, 0.15) is 74.6 Å². The molecule has 4 aromatic carbocycles. The number of hydrogen-bond acceptors (Lipinski definition) is 4. The maximum absolute atomic E-state index is 5.57. The number of aliphatic imine (C=N–C) groups is 1. The Balaban J connectivity index is 0.979. The van der Waals surface area contributed by atoms with E-state index in [1.54, 1.807) is 5.57 Å². The number of aromatic nitrogens is 1. The summed E-state index contributed by atoms with van der Waals surface area (Å²) in [4.78, 5) is 9.56. The molecule has 4 aliphatic carbocycles. The normalized spacial score (nSPS) is 26.0. The van der Waals surface area contributed by atoms with E-state index in [2.05, 4.69) is 160 Å². The topological polar surface area (TPSA) is 32.6 Å². The summed E-state index contributed by atoms with van der Waals surface area (Å²) in [5.74, 6) is 1.91. The lowest BCUT2D eigenvalue weighted by atomic mass is 9.89. The summed E-state index contributed by atoms with van der Waals surface area (Å²) in [6.07, 6.45) is 31.0. The number of para-hydroxylation sites is 1. The van der Waals surface area contributed by atoms with Crippen molar-refractivity contribution < 1.29 is 0 Å². The van der Waals surface area contributed by atoms with Crippen LogP contribution in [0.3, 0.4) is 0 Å². The predicted octanol–water partition coefficient (Wildman–Crippen LogP) is 12.8. The minimum Gasteiger partial charge on any atom is -0.362 e. The monoisotopic (exact) mass is 758 g/mol. The Hall–Kier alpha value is -5.52. The van der Waals surface area contributed by atoms with Crippen molar-refractivity contribution in [2.45, 2.75) is 74.7 Å². The number of allylic oxidation sites excluding steroid dienone is 11. The van der Waals surface area contributed by atoms with Gasteiger partial charge in [0.2, 0.25) is 0 Å². The number of rotatable bonds is 4. The van der Waals surface area contributed by atoms with Gasteiger partial charge in [-0.2, -0.15) is 0 Å². The zero-order chi connectivity index (χ0) is 37.5. The Kier molecular flexibility index (Phi) is 7.99. The molecule has 12 rings (SSSR count). The van der Waals surface area contributed by atoms with Crippen molar-refractivity contribution >= 4 is 45.1 Å². The molecule has 4 heterocycles. The smallest absolute Gasteiger partial charge is 0.150 e. The average molecular weight is 759 g/mol. The summed E-state index contributed by atoms with van der Waals surface area (Å²) >= 11 is 1.99. The third-order valence-electron chi connectivity index (χ3n) is 13.4. The molecule has 0 saturated carbocycles. The summed E-state index contributed by atoms with van der Waals surface area (Å²) < 4.78 is 2.46. The minimum absolute atomic E-state index is 0.131. The number of nitrogens with one attached hydrogen (secondary N) is 1. The largest absolute Gasteiger partial charge is 0.362 e. The molecular formula is C52H46N4S. The van der Waals surface area contributed by atoms with Gasteiger partial charge in [0.05, 0.1) is 22.0 Å². The Morgan fingerprint density at radius 3 is 2.53 bits per heavy atom. The second kappa shape index (κ2) is 13.6. The SMILES string of the molecule is C1=CC2c3ccc(-c4ccc5c(c4)c4ccccc4n5C4=NC(c5ccccc5)NC5=C4SC4C=CCCC54)cc3N(C3=CC(C4=CCCCC4)=CCC3)C2C=C1. The fraction of sp³-hybridized carbons (Fsp3) is 0.250. The van der Waals surface area contributed by atoms with E-state index >= 15 is 0 Å². The highest BCUT2D eigenvalue weighted by molar-refractivity contribution is 8.05. The molecule has 1 N–H and O–H groups in total. The quantitative estimate of drug-likeness (QED) is 0.185. The van der Waals surface area contributed by atoms with Gasteiger partial charge in [0, 0.05) is 44.9 Å². The molecule has 5 heteroatoms. The zero-order valence-corrected chi connectivity index (χ0v) is 33.0. The number of nitrogens with zero attached hydrogens (tertiary/aromatic N) is 3. The van der Waals surface area contributed by atoms with Crippen LogP contribution in [0.2, 0.25) is 0 Å². The van der Waals surface area contributed by atoms with E-state index < -0.39 is 0 Å².